The zero-order valence-corrected chi connectivity index (χ0v) is 18.0. The number of anilines is 2. The highest BCUT2D eigenvalue weighted by Gasteiger charge is 2.15. The topological polar surface area (TPSA) is 149 Å². The summed E-state index contributed by atoms with van der Waals surface area (Å²) in [7, 11) is -4.07. The van der Waals surface area contributed by atoms with Crippen LogP contribution < -0.4 is 21.1 Å². The van der Waals surface area contributed by atoms with Gasteiger partial charge in [-0.15, -0.1) is 4.40 Å². The van der Waals surface area contributed by atoms with E-state index >= 15 is 0 Å². The Bertz CT molecular complexity index is 1260. The fourth-order valence-electron chi connectivity index (χ4n) is 2.81. The smallest absolute Gasteiger partial charge is 0.285 e. The molecule has 2 aromatic carbocycles. The molecule has 3 rings (SSSR count). The molecule has 0 aliphatic heterocycles. The molecule has 0 bridgehead atoms. The van der Waals surface area contributed by atoms with Gasteiger partial charge >= 0.3 is 0 Å². The van der Waals surface area contributed by atoms with Crippen molar-refractivity contribution in [3.05, 3.63) is 48.2 Å². The Labute approximate surface area is 179 Å². The third-order valence-electron chi connectivity index (χ3n) is 4.10. The highest BCUT2D eigenvalue weighted by Crippen LogP contribution is 2.23. The molecule has 0 fully saturated rings. The Hall–Kier alpha value is -3.73. The van der Waals surface area contributed by atoms with E-state index in [1.54, 1.807) is 19.1 Å². The largest absolute Gasteiger partial charge is 0.494 e. The standard InChI is InChI=1S/C20H22N6O4S/c1-4-30-15-7-10-18-17(11-15)12(2)22-20(24-18)25-19(21)26-31(28,29)16-8-5-14(6-9-16)23-13(3)27/h5-11H,4H2,1-3H3,(H,23,27)(H3,21,22,24,25,26). The molecule has 0 saturated heterocycles. The average molecular weight is 443 g/mol. The number of fused-ring (bicyclic) bond motifs is 1. The van der Waals surface area contributed by atoms with Crippen molar-refractivity contribution in [1.29, 1.82) is 0 Å². The van der Waals surface area contributed by atoms with Crippen LogP contribution in [0.5, 0.6) is 5.75 Å². The summed E-state index contributed by atoms with van der Waals surface area (Å²) in [5.41, 5.74) is 7.56. The van der Waals surface area contributed by atoms with E-state index in [2.05, 4.69) is 25.0 Å². The van der Waals surface area contributed by atoms with Gasteiger partial charge in [-0.25, -0.2) is 9.97 Å². The second-order valence-electron chi connectivity index (χ2n) is 6.53. The van der Waals surface area contributed by atoms with E-state index in [0.717, 1.165) is 5.39 Å². The number of nitrogens with zero attached hydrogens (tertiary/aromatic N) is 3. The lowest BCUT2D eigenvalue weighted by Crippen LogP contribution is -2.25. The van der Waals surface area contributed by atoms with Crippen LogP contribution in [0.1, 0.15) is 19.5 Å². The van der Waals surface area contributed by atoms with Gasteiger partial charge in [0.2, 0.25) is 17.8 Å². The predicted molar refractivity (Wildman–Crippen MR) is 119 cm³/mol. The molecule has 11 heteroatoms. The first-order valence-electron chi connectivity index (χ1n) is 9.34. The Morgan fingerprint density at radius 2 is 1.84 bits per heavy atom. The summed E-state index contributed by atoms with van der Waals surface area (Å²) in [6.45, 7) is 5.60. The lowest BCUT2D eigenvalue weighted by atomic mass is 10.2. The van der Waals surface area contributed by atoms with Crippen LogP contribution >= 0.6 is 0 Å². The molecule has 0 atom stereocenters. The van der Waals surface area contributed by atoms with Crippen LogP contribution in [0.3, 0.4) is 0 Å². The van der Waals surface area contributed by atoms with Gasteiger partial charge in [0.05, 0.1) is 22.7 Å². The monoisotopic (exact) mass is 442 g/mol. The molecule has 162 valence electrons. The Morgan fingerprint density at radius 3 is 2.48 bits per heavy atom. The van der Waals surface area contributed by atoms with E-state index in [1.165, 1.54) is 31.2 Å². The van der Waals surface area contributed by atoms with Crippen LogP contribution in [0.25, 0.3) is 10.9 Å². The molecule has 0 unspecified atom stereocenters. The number of hydrogen-bond acceptors (Lipinski definition) is 6. The average Bonchev–Trinajstić information content (AvgIpc) is 2.68. The van der Waals surface area contributed by atoms with Gasteiger partial charge < -0.3 is 15.8 Å². The van der Waals surface area contributed by atoms with Crippen molar-refractivity contribution in [3.63, 3.8) is 0 Å². The van der Waals surface area contributed by atoms with Crippen molar-refractivity contribution in [1.82, 2.24) is 9.97 Å². The van der Waals surface area contributed by atoms with Crippen molar-refractivity contribution in [2.45, 2.75) is 25.7 Å². The first-order valence-corrected chi connectivity index (χ1v) is 10.8. The lowest BCUT2D eigenvalue weighted by Gasteiger charge is -2.09. The minimum atomic E-state index is -4.07. The van der Waals surface area contributed by atoms with E-state index in [4.69, 9.17) is 10.5 Å². The number of aryl methyl sites for hydroxylation is 1. The van der Waals surface area contributed by atoms with Crippen LogP contribution in [0.15, 0.2) is 51.8 Å². The van der Waals surface area contributed by atoms with Crippen LogP contribution in [0.2, 0.25) is 0 Å². The Balaban J connectivity index is 1.82. The molecule has 31 heavy (non-hydrogen) atoms. The third kappa shape index (κ3) is 5.45. The number of benzene rings is 2. The highest BCUT2D eigenvalue weighted by atomic mass is 32.2. The summed E-state index contributed by atoms with van der Waals surface area (Å²) < 4.78 is 34.1. The summed E-state index contributed by atoms with van der Waals surface area (Å²) >= 11 is 0. The zero-order chi connectivity index (χ0) is 22.6. The number of carbonyl (C=O) groups is 1. The van der Waals surface area contributed by atoms with Crippen molar-refractivity contribution >= 4 is 44.4 Å². The quantitative estimate of drug-likeness (QED) is 0.389. The number of ether oxygens (including phenoxy) is 1. The summed E-state index contributed by atoms with van der Waals surface area (Å²) in [5.74, 6) is 0.184. The number of aromatic nitrogens is 2. The molecular formula is C20H22N6O4S. The van der Waals surface area contributed by atoms with Gasteiger partial charge in [0, 0.05) is 18.0 Å². The van der Waals surface area contributed by atoms with E-state index in [-0.39, 0.29) is 22.7 Å². The van der Waals surface area contributed by atoms with Gasteiger partial charge in [-0.1, -0.05) is 0 Å². The third-order valence-corrected chi connectivity index (χ3v) is 5.40. The summed E-state index contributed by atoms with van der Waals surface area (Å²) in [6, 6.07) is 11.0. The molecule has 0 saturated carbocycles. The second kappa shape index (κ2) is 8.96. The van der Waals surface area contributed by atoms with Crippen molar-refractivity contribution in [2.24, 2.45) is 10.1 Å². The van der Waals surface area contributed by atoms with Crippen molar-refractivity contribution in [2.75, 3.05) is 17.2 Å². The van der Waals surface area contributed by atoms with Gasteiger partial charge in [0.25, 0.3) is 10.0 Å². The molecule has 1 amide bonds. The molecule has 3 aromatic rings. The molecule has 0 aliphatic rings. The predicted octanol–water partition coefficient (Wildman–Crippen LogP) is 2.41. The number of amides is 1. The van der Waals surface area contributed by atoms with Gasteiger partial charge in [0.1, 0.15) is 5.75 Å². The van der Waals surface area contributed by atoms with Crippen LogP contribution in [0, 0.1) is 6.92 Å². The zero-order valence-electron chi connectivity index (χ0n) is 17.2. The summed E-state index contributed by atoms with van der Waals surface area (Å²) in [6.07, 6.45) is 0. The van der Waals surface area contributed by atoms with Crippen LogP contribution in [-0.4, -0.2) is 36.9 Å². The molecule has 1 heterocycles. The first-order chi connectivity index (χ1) is 14.7. The normalized spacial score (nSPS) is 11.9. The molecule has 4 N–H and O–H groups in total. The van der Waals surface area contributed by atoms with Gasteiger partial charge in [-0.05, 0) is 56.3 Å². The number of rotatable bonds is 6. The molecule has 1 aromatic heterocycles. The van der Waals surface area contributed by atoms with E-state index in [9.17, 15) is 13.2 Å². The first kappa shape index (κ1) is 22.0. The summed E-state index contributed by atoms with van der Waals surface area (Å²) in [4.78, 5) is 19.6. The van der Waals surface area contributed by atoms with E-state index < -0.39 is 10.0 Å². The van der Waals surface area contributed by atoms with Crippen molar-refractivity contribution in [3.8, 4) is 5.75 Å². The highest BCUT2D eigenvalue weighted by molar-refractivity contribution is 7.90. The number of carbonyl (C=O) groups excluding carboxylic acids is 1. The van der Waals surface area contributed by atoms with Crippen LogP contribution in [-0.2, 0) is 14.8 Å². The maximum atomic E-state index is 12.5. The molecular weight excluding hydrogens is 420 g/mol. The SMILES string of the molecule is CCOc1ccc2nc(NC(N)=NS(=O)(=O)c3ccc(NC(C)=O)cc3)nc(C)c2c1. The molecule has 10 nitrogen and oxygen atoms in total. The second-order valence-corrected chi connectivity index (χ2v) is 8.13. The van der Waals surface area contributed by atoms with Gasteiger partial charge in [-0.3, -0.25) is 10.1 Å². The number of guanidine groups is 1. The fraction of sp³-hybridized carbons (Fsp3) is 0.200. The lowest BCUT2D eigenvalue weighted by molar-refractivity contribution is -0.114. The maximum Gasteiger partial charge on any atom is 0.285 e. The molecule has 0 radical (unpaired) electrons. The summed E-state index contributed by atoms with van der Waals surface area (Å²) in [5, 5.41) is 5.98. The fourth-order valence-corrected chi connectivity index (χ4v) is 3.70. The van der Waals surface area contributed by atoms with Gasteiger partial charge in [0.15, 0.2) is 0 Å². The minimum absolute atomic E-state index is 0.0783. The number of sulfonamides is 1. The number of hydrogen-bond donors (Lipinski definition) is 3. The Morgan fingerprint density at radius 1 is 1.13 bits per heavy atom. The van der Waals surface area contributed by atoms with Crippen molar-refractivity contribution < 1.29 is 17.9 Å². The molecule has 0 spiro atoms. The van der Waals surface area contributed by atoms with Gasteiger partial charge in [-0.2, -0.15) is 8.42 Å². The van der Waals surface area contributed by atoms with E-state index in [0.29, 0.717) is 29.3 Å². The molecule has 0 aliphatic carbocycles. The maximum absolute atomic E-state index is 12.5. The number of nitrogens with one attached hydrogen (secondary N) is 2. The minimum Gasteiger partial charge on any atom is -0.494 e. The van der Waals surface area contributed by atoms with Crippen LogP contribution in [0.4, 0.5) is 11.6 Å². The number of nitrogens with two attached hydrogens (primary N) is 1. The van der Waals surface area contributed by atoms with E-state index in [1.807, 2.05) is 13.0 Å². The Kier molecular flexibility index (Phi) is 6.35.